The number of carbonyl (C=O) groups excluding carboxylic acids is 2. The number of oxime groups is 1. The van der Waals surface area contributed by atoms with E-state index in [1.165, 1.54) is 0 Å². The first-order valence-electron chi connectivity index (χ1n) is 11.3. The molecule has 0 aliphatic heterocycles. The lowest BCUT2D eigenvalue weighted by molar-refractivity contribution is -0.154. The first kappa shape index (κ1) is 20.1. The average molecular weight is 389 g/mol. The minimum Gasteiger partial charge on any atom is -0.396 e. The van der Waals surface area contributed by atoms with Gasteiger partial charge in [0.15, 0.2) is 0 Å². The molecule has 0 saturated heterocycles. The number of carbonyl (C=O) groups is 2. The predicted molar refractivity (Wildman–Crippen MR) is 109 cm³/mol. The average Bonchev–Trinajstić information content (AvgIpc) is 2.97. The molecule has 0 spiro atoms. The highest BCUT2D eigenvalue weighted by Crippen LogP contribution is 2.64. The third-order valence-corrected chi connectivity index (χ3v) is 8.87. The molecule has 4 aliphatic rings. The summed E-state index contributed by atoms with van der Waals surface area (Å²) < 4.78 is 0. The highest BCUT2D eigenvalue weighted by Gasteiger charge is 2.62. The van der Waals surface area contributed by atoms with Gasteiger partial charge in [-0.1, -0.05) is 19.0 Å². The van der Waals surface area contributed by atoms with Gasteiger partial charge < -0.3 is 10.2 Å². The highest BCUT2D eigenvalue weighted by atomic mass is 16.6. The van der Waals surface area contributed by atoms with Gasteiger partial charge in [-0.15, -0.1) is 0 Å². The van der Waals surface area contributed by atoms with Crippen LogP contribution in [-0.4, -0.2) is 37.5 Å². The highest BCUT2D eigenvalue weighted by molar-refractivity contribution is 5.91. The molecule has 0 aromatic carbocycles. The number of fused-ring (bicyclic) bond motifs is 5. The molecule has 4 saturated carbocycles. The van der Waals surface area contributed by atoms with Crippen LogP contribution in [0.5, 0.6) is 0 Å². The molecule has 0 aromatic rings. The maximum absolute atomic E-state index is 13.3. The van der Waals surface area contributed by atoms with Crippen molar-refractivity contribution in [2.45, 2.75) is 71.6 Å². The molecule has 4 aliphatic carbocycles. The molecule has 156 valence electrons. The number of rotatable bonds is 5. The van der Waals surface area contributed by atoms with Gasteiger partial charge in [0, 0.05) is 24.2 Å². The largest absolute Gasteiger partial charge is 0.396 e. The normalized spacial score (nSPS) is 44.2. The Hall–Kier alpha value is -1.23. The Labute approximate surface area is 169 Å². The topological polar surface area (TPSA) is 67.8 Å². The van der Waals surface area contributed by atoms with Gasteiger partial charge in [-0.05, 0) is 81.7 Å². The maximum atomic E-state index is 13.3. The summed E-state index contributed by atoms with van der Waals surface area (Å²) in [5.74, 6) is 2.06. The first-order chi connectivity index (χ1) is 13.4. The van der Waals surface area contributed by atoms with E-state index in [2.05, 4.69) is 24.3 Å². The zero-order valence-electron chi connectivity index (χ0n) is 17.8. The number of nitrogens with zero attached hydrogens (tertiary/aromatic N) is 1. The molecule has 0 aromatic heterocycles. The molecule has 28 heavy (non-hydrogen) atoms. The van der Waals surface area contributed by atoms with Crippen molar-refractivity contribution in [3.63, 3.8) is 0 Å². The van der Waals surface area contributed by atoms with Crippen molar-refractivity contribution in [2.24, 2.45) is 39.7 Å². The standard InChI is InChI=1S/C23H36N2O3/c1-22-9-7-16(25-28-12-4-11-24-3)13-15(22)14-19(26)21-17-5-6-20(27)23(17,2)10-8-18(21)22/h15,17-18,21,24H,4-14H2,1-3H3/t15?,17-,18-,21-,22-,23-/m0/s1. The fourth-order valence-corrected chi connectivity index (χ4v) is 7.05. The number of nitrogens with one attached hydrogen (secondary N) is 1. The van der Waals surface area contributed by atoms with Crippen molar-refractivity contribution in [1.82, 2.24) is 5.32 Å². The molecule has 0 bridgehead atoms. The summed E-state index contributed by atoms with van der Waals surface area (Å²) in [6.45, 7) is 6.14. The van der Waals surface area contributed by atoms with Crippen molar-refractivity contribution in [3.05, 3.63) is 0 Å². The summed E-state index contributed by atoms with van der Waals surface area (Å²) in [5, 5.41) is 7.53. The molecule has 6 atom stereocenters. The van der Waals surface area contributed by atoms with Crippen LogP contribution in [-0.2, 0) is 14.4 Å². The van der Waals surface area contributed by atoms with E-state index in [1.54, 1.807) is 0 Å². The second kappa shape index (κ2) is 7.55. The Bertz CT molecular complexity index is 675. The van der Waals surface area contributed by atoms with E-state index in [0.717, 1.165) is 57.2 Å². The van der Waals surface area contributed by atoms with Gasteiger partial charge in [-0.3, -0.25) is 9.59 Å². The lowest BCUT2D eigenvalue weighted by Crippen LogP contribution is -2.57. The Morgan fingerprint density at radius 1 is 1.11 bits per heavy atom. The van der Waals surface area contributed by atoms with Gasteiger partial charge in [0.05, 0.1) is 5.71 Å². The van der Waals surface area contributed by atoms with Crippen molar-refractivity contribution < 1.29 is 14.4 Å². The van der Waals surface area contributed by atoms with Crippen molar-refractivity contribution in [1.29, 1.82) is 0 Å². The van der Waals surface area contributed by atoms with Crippen LogP contribution in [0.1, 0.15) is 71.6 Å². The number of Topliss-reactive ketones (excluding diaryl/α,β-unsaturated/α-hetero) is 2. The van der Waals surface area contributed by atoms with Crippen LogP contribution in [0.25, 0.3) is 0 Å². The van der Waals surface area contributed by atoms with Crippen molar-refractivity contribution in [2.75, 3.05) is 20.2 Å². The quantitative estimate of drug-likeness (QED) is 0.575. The molecular weight excluding hydrogens is 352 g/mol. The number of hydrogen-bond acceptors (Lipinski definition) is 5. The Balaban J connectivity index is 1.47. The van der Waals surface area contributed by atoms with E-state index in [9.17, 15) is 9.59 Å². The van der Waals surface area contributed by atoms with E-state index in [1.807, 2.05) is 7.05 Å². The molecule has 5 heteroatoms. The van der Waals surface area contributed by atoms with Gasteiger partial charge in [-0.25, -0.2) is 0 Å². The lowest BCUT2D eigenvalue weighted by atomic mass is 9.45. The van der Waals surface area contributed by atoms with Crippen LogP contribution >= 0.6 is 0 Å². The molecule has 4 fully saturated rings. The van der Waals surface area contributed by atoms with Crippen molar-refractivity contribution in [3.8, 4) is 0 Å². The zero-order valence-corrected chi connectivity index (χ0v) is 17.8. The summed E-state index contributed by atoms with van der Waals surface area (Å²) in [6.07, 6.45) is 8.22. The molecule has 0 amide bonds. The van der Waals surface area contributed by atoms with Gasteiger partial charge in [0.25, 0.3) is 0 Å². The second-order valence-corrected chi connectivity index (χ2v) is 10.2. The van der Waals surface area contributed by atoms with Crippen molar-refractivity contribution >= 4 is 17.3 Å². The van der Waals surface area contributed by atoms with E-state index < -0.39 is 0 Å². The van der Waals surface area contributed by atoms with Crippen LogP contribution < -0.4 is 5.32 Å². The summed E-state index contributed by atoms with van der Waals surface area (Å²) in [4.78, 5) is 31.3. The van der Waals surface area contributed by atoms with Crippen LogP contribution in [0.2, 0.25) is 0 Å². The monoisotopic (exact) mass is 388 g/mol. The van der Waals surface area contributed by atoms with E-state index in [0.29, 0.717) is 42.9 Å². The summed E-state index contributed by atoms with van der Waals surface area (Å²) >= 11 is 0. The summed E-state index contributed by atoms with van der Waals surface area (Å²) in [6, 6.07) is 0. The maximum Gasteiger partial charge on any atom is 0.139 e. The summed E-state index contributed by atoms with van der Waals surface area (Å²) in [5.41, 5.74) is 1.11. The first-order valence-corrected chi connectivity index (χ1v) is 11.3. The Kier molecular flexibility index (Phi) is 5.41. The smallest absolute Gasteiger partial charge is 0.139 e. The molecule has 0 heterocycles. The predicted octanol–water partition coefficient (Wildman–Crippen LogP) is 3.76. The fourth-order valence-electron chi connectivity index (χ4n) is 7.05. The van der Waals surface area contributed by atoms with Crippen LogP contribution in [0.15, 0.2) is 5.16 Å². The Morgan fingerprint density at radius 2 is 1.93 bits per heavy atom. The molecule has 0 radical (unpaired) electrons. The minimum atomic E-state index is -0.234. The molecule has 4 rings (SSSR count). The minimum absolute atomic E-state index is 0.114. The number of hydrogen-bond donors (Lipinski definition) is 1. The molecule has 5 nitrogen and oxygen atoms in total. The van der Waals surface area contributed by atoms with Gasteiger partial charge in [0.1, 0.15) is 18.2 Å². The van der Waals surface area contributed by atoms with Gasteiger partial charge in [0.2, 0.25) is 0 Å². The fraction of sp³-hybridized carbons (Fsp3) is 0.870. The van der Waals surface area contributed by atoms with Crippen LogP contribution in [0, 0.1) is 34.5 Å². The SMILES string of the molecule is CNCCCON=C1CC[C@@]2(C)C(CC(=O)[C@@H]3[C@@H]2CC[C@]2(C)C(=O)CC[C@@H]32)C1. The van der Waals surface area contributed by atoms with Gasteiger partial charge in [-0.2, -0.15) is 0 Å². The third kappa shape index (κ3) is 3.14. The lowest BCUT2D eigenvalue weighted by Gasteiger charge is -2.58. The van der Waals surface area contributed by atoms with E-state index >= 15 is 0 Å². The second-order valence-electron chi connectivity index (χ2n) is 10.2. The molecule has 1 N–H and O–H groups in total. The van der Waals surface area contributed by atoms with E-state index in [-0.39, 0.29) is 22.7 Å². The van der Waals surface area contributed by atoms with Gasteiger partial charge >= 0.3 is 0 Å². The Morgan fingerprint density at radius 3 is 2.71 bits per heavy atom. The molecule has 1 unspecified atom stereocenters. The third-order valence-electron chi connectivity index (χ3n) is 8.87. The summed E-state index contributed by atoms with van der Waals surface area (Å²) in [7, 11) is 1.94. The number of ketones is 2. The van der Waals surface area contributed by atoms with Crippen LogP contribution in [0.4, 0.5) is 0 Å². The zero-order chi connectivity index (χ0) is 19.9. The van der Waals surface area contributed by atoms with E-state index in [4.69, 9.17) is 4.84 Å². The molecular formula is C23H36N2O3. The van der Waals surface area contributed by atoms with Crippen LogP contribution in [0.3, 0.4) is 0 Å².